The summed E-state index contributed by atoms with van der Waals surface area (Å²) in [6.45, 7) is -3.09. The first kappa shape index (κ1) is 19.0. The second-order valence-corrected chi connectivity index (χ2v) is 4.86. The summed E-state index contributed by atoms with van der Waals surface area (Å²) < 4.78 is 95.4. The molecule has 3 nitrogen and oxygen atoms in total. The van der Waals surface area contributed by atoms with Gasteiger partial charge in [-0.1, -0.05) is 6.07 Å². The van der Waals surface area contributed by atoms with Crippen molar-refractivity contribution >= 4 is 12.1 Å². The van der Waals surface area contributed by atoms with Gasteiger partial charge in [0.15, 0.2) is 5.41 Å². The zero-order valence-corrected chi connectivity index (χ0v) is 11.8. The fourth-order valence-corrected chi connectivity index (χ4v) is 1.88. The highest BCUT2D eigenvalue weighted by Gasteiger charge is 2.65. The van der Waals surface area contributed by atoms with E-state index >= 15 is 0 Å². The molecule has 1 amide bonds. The van der Waals surface area contributed by atoms with Crippen molar-refractivity contribution in [1.29, 1.82) is 0 Å². The summed E-state index contributed by atoms with van der Waals surface area (Å²) in [5.41, 5.74) is -5.00. The van der Waals surface area contributed by atoms with Gasteiger partial charge in [-0.15, -0.1) is 0 Å². The largest absolute Gasteiger partial charge is 0.433 e. The maximum absolute atomic E-state index is 13.6. The van der Waals surface area contributed by atoms with Gasteiger partial charge < -0.3 is 10.1 Å². The molecule has 0 fully saturated rings. The van der Waals surface area contributed by atoms with Crippen molar-refractivity contribution in [3.8, 4) is 5.75 Å². The molecule has 130 valence electrons. The molecule has 1 aromatic carbocycles. The van der Waals surface area contributed by atoms with Crippen LogP contribution in [-0.4, -0.2) is 25.1 Å². The van der Waals surface area contributed by atoms with Crippen molar-refractivity contribution in [2.24, 2.45) is 0 Å². The molecule has 0 aromatic heterocycles. The van der Waals surface area contributed by atoms with E-state index in [4.69, 9.17) is 0 Å². The smallest absolute Gasteiger partial charge is 0.403 e. The molecule has 23 heavy (non-hydrogen) atoms. The zero-order valence-electron chi connectivity index (χ0n) is 11.8. The molecule has 0 spiro atoms. The standard InChI is InChI=1S/C13H12F7NO2/c1-11(12(2,16)17,13(18,19)20)7-3-4-8(21-6-22)9(5-7)23-10(14)15/h3-6,10H,1-2H3,(H,21,22). The molecule has 1 atom stereocenters. The van der Waals surface area contributed by atoms with Gasteiger partial charge in [0.05, 0.1) is 5.69 Å². The van der Waals surface area contributed by atoms with Crippen LogP contribution < -0.4 is 10.1 Å². The summed E-state index contributed by atoms with van der Waals surface area (Å²) in [7, 11) is 0. The van der Waals surface area contributed by atoms with E-state index in [-0.39, 0.29) is 25.9 Å². The van der Waals surface area contributed by atoms with Crippen LogP contribution in [0.4, 0.5) is 36.4 Å². The Balaban J connectivity index is 3.54. The van der Waals surface area contributed by atoms with Gasteiger partial charge in [-0.2, -0.15) is 22.0 Å². The Morgan fingerprint density at radius 1 is 1.13 bits per heavy atom. The summed E-state index contributed by atoms with van der Waals surface area (Å²) >= 11 is 0. The Kier molecular flexibility index (Phi) is 5.17. The number of alkyl halides is 7. The topological polar surface area (TPSA) is 38.3 Å². The van der Waals surface area contributed by atoms with Crippen molar-refractivity contribution in [1.82, 2.24) is 0 Å². The maximum Gasteiger partial charge on any atom is 0.403 e. The molecule has 0 heterocycles. The molecule has 0 aliphatic carbocycles. The molecule has 0 aliphatic rings. The van der Waals surface area contributed by atoms with Gasteiger partial charge in [0, 0.05) is 6.92 Å². The van der Waals surface area contributed by atoms with E-state index in [2.05, 4.69) is 4.74 Å². The predicted molar refractivity (Wildman–Crippen MR) is 66.8 cm³/mol. The van der Waals surface area contributed by atoms with Gasteiger partial charge in [-0.05, 0) is 24.6 Å². The molecule has 0 radical (unpaired) electrons. The van der Waals surface area contributed by atoms with Crippen molar-refractivity contribution in [3.05, 3.63) is 23.8 Å². The third-order valence-corrected chi connectivity index (χ3v) is 3.43. The molecule has 1 aromatic rings. The first-order chi connectivity index (χ1) is 10.3. The lowest BCUT2D eigenvalue weighted by Crippen LogP contribution is -2.52. The number of halogens is 7. The Hall–Kier alpha value is -2.00. The number of hydrogen-bond donors (Lipinski definition) is 1. The van der Waals surface area contributed by atoms with Gasteiger partial charge in [0.2, 0.25) is 6.41 Å². The highest BCUT2D eigenvalue weighted by Crippen LogP contribution is 2.51. The molecule has 1 rings (SSSR count). The van der Waals surface area contributed by atoms with E-state index in [1.165, 1.54) is 0 Å². The van der Waals surface area contributed by atoms with Gasteiger partial charge in [-0.3, -0.25) is 4.79 Å². The third-order valence-electron chi connectivity index (χ3n) is 3.43. The average Bonchev–Trinajstić information content (AvgIpc) is 2.36. The Bertz CT molecular complexity index is 552. The second-order valence-electron chi connectivity index (χ2n) is 4.86. The summed E-state index contributed by atoms with van der Waals surface area (Å²) in [4.78, 5) is 10.4. The van der Waals surface area contributed by atoms with Crippen LogP contribution in [0.2, 0.25) is 0 Å². The van der Waals surface area contributed by atoms with E-state index in [1.54, 1.807) is 0 Å². The maximum atomic E-state index is 13.6. The molecule has 10 heteroatoms. The van der Waals surface area contributed by atoms with Crippen molar-refractivity contribution in [3.63, 3.8) is 0 Å². The summed E-state index contributed by atoms with van der Waals surface area (Å²) in [6, 6.07) is 1.84. The predicted octanol–water partition coefficient (Wildman–Crippen LogP) is 4.33. The zero-order chi connectivity index (χ0) is 18.1. The van der Waals surface area contributed by atoms with E-state index in [1.807, 2.05) is 5.32 Å². The molecular weight excluding hydrogens is 335 g/mol. The molecule has 0 aliphatic heterocycles. The quantitative estimate of drug-likeness (QED) is 0.614. The lowest BCUT2D eigenvalue weighted by atomic mass is 9.76. The average molecular weight is 347 g/mol. The van der Waals surface area contributed by atoms with Gasteiger partial charge >= 0.3 is 12.8 Å². The Morgan fingerprint density at radius 3 is 2.09 bits per heavy atom. The van der Waals surface area contributed by atoms with Crippen LogP contribution in [0.5, 0.6) is 5.75 Å². The van der Waals surface area contributed by atoms with Crippen LogP contribution >= 0.6 is 0 Å². The molecule has 0 saturated carbocycles. The fraction of sp³-hybridized carbons (Fsp3) is 0.462. The number of carbonyl (C=O) groups excluding carboxylic acids is 1. The van der Waals surface area contributed by atoms with Gasteiger partial charge in [-0.25, -0.2) is 8.78 Å². The first-order valence-electron chi connectivity index (χ1n) is 6.08. The SMILES string of the molecule is CC(F)(F)C(C)(c1ccc(NC=O)c(OC(F)F)c1)C(F)(F)F. The minimum absolute atomic E-state index is 0.0741. The van der Waals surface area contributed by atoms with Gasteiger partial charge in [0.1, 0.15) is 5.75 Å². The number of ether oxygens (including phenoxy) is 1. The highest BCUT2D eigenvalue weighted by atomic mass is 19.4. The molecule has 1 unspecified atom stereocenters. The van der Waals surface area contributed by atoms with E-state index in [0.717, 1.165) is 6.07 Å². The normalized spacial score (nSPS) is 15.2. The first-order valence-corrected chi connectivity index (χ1v) is 6.08. The number of hydrogen-bond acceptors (Lipinski definition) is 2. The van der Waals surface area contributed by atoms with Crippen LogP contribution in [0, 0.1) is 0 Å². The van der Waals surface area contributed by atoms with Crippen LogP contribution in [0.3, 0.4) is 0 Å². The van der Waals surface area contributed by atoms with E-state index < -0.39 is 35.4 Å². The summed E-state index contributed by atoms with van der Waals surface area (Å²) in [5, 5.41) is 1.93. The molecule has 0 saturated heterocycles. The van der Waals surface area contributed by atoms with Crippen molar-refractivity contribution in [2.45, 2.75) is 38.0 Å². The minimum atomic E-state index is -5.37. The number of carbonyl (C=O) groups is 1. The van der Waals surface area contributed by atoms with Crippen LogP contribution in [0.1, 0.15) is 19.4 Å². The van der Waals surface area contributed by atoms with Gasteiger partial charge in [0.25, 0.3) is 5.92 Å². The van der Waals surface area contributed by atoms with Crippen LogP contribution in [-0.2, 0) is 10.2 Å². The van der Waals surface area contributed by atoms with Crippen molar-refractivity contribution in [2.75, 3.05) is 5.32 Å². The van der Waals surface area contributed by atoms with Crippen molar-refractivity contribution < 1.29 is 40.3 Å². The highest BCUT2D eigenvalue weighted by molar-refractivity contribution is 5.75. The van der Waals surface area contributed by atoms with Crippen LogP contribution in [0.25, 0.3) is 0 Å². The van der Waals surface area contributed by atoms with Crippen LogP contribution in [0.15, 0.2) is 18.2 Å². The number of anilines is 1. The minimum Gasteiger partial charge on any atom is -0.433 e. The summed E-state index contributed by atoms with van der Waals surface area (Å²) in [6.07, 6.45) is -5.29. The molecule has 1 N–H and O–H groups in total. The lowest BCUT2D eigenvalue weighted by Gasteiger charge is -2.37. The Morgan fingerprint density at radius 2 is 1.70 bits per heavy atom. The number of benzene rings is 1. The lowest BCUT2D eigenvalue weighted by molar-refractivity contribution is -0.248. The second kappa shape index (κ2) is 6.25. The number of rotatable bonds is 6. The fourth-order valence-electron chi connectivity index (χ4n) is 1.88. The molecule has 0 bridgehead atoms. The number of nitrogens with one attached hydrogen (secondary N) is 1. The Labute approximate surface area is 126 Å². The molecular formula is C13H12F7NO2. The number of amides is 1. The third kappa shape index (κ3) is 3.67. The van der Waals surface area contributed by atoms with E-state index in [0.29, 0.717) is 12.1 Å². The monoisotopic (exact) mass is 347 g/mol. The van der Waals surface area contributed by atoms with E-state index in [9.17, 15) is 35.5 Å². The summed E-state index contributed by atoms with van der Waals surface area (Å²) in [5.74, 6) is -5.10.